The molecule has 14 heavy (non-hydrogen) atoms. The van der Waals surface area contributed by atoms with Crippen LogP contribution in [0.5, 0.6) is 0 Å². The molecule has 0 N–H and O–H groups in total. The normalized spacial score (nSPS) is 10.9. The molecule has 2 aromatic rings. The van der Waals surface area contributed by atoms with E-state index in [1.807, 2.05) is 36.4 Å². The molecule has 1 heterocycles. The first-order chi connectivity index (χ1) is 6.90. The lowest BCUT2D eigenvalue weighted by Gasteiger charge is -1.97. The number of para-hydroxylation sites is 1. The highest BCUT2D eigenvalue weighted by Gasteiger charge is 1.93. The highest BCUT2D eigenvalue weighted by molar-refractivity contribution is 5.79. The zero-order valence-electron chi connectivity index (χ0n) is 7.97. The Balaban J connectivity index is 2.46. The van der Waals surface area contributed by atoms with E-state index >= 15 is 0 Å². The molecule has 2 rings (SSSR count). The Morgan fingerprint density at radius 3 is 2.86 bits per heavy atom. The van der Waals surface area contributed by atoms with Crippen LogP contribution in [0.2, 0.25) is 0 Å². The van der Waals surface area contributed by atoms with Crippen molar-refractivity contribution in [1.82, 2.24) is 4.98 Å². The van der Waals surface area contributed by atoms with Gasteiger partial charge in [0.2, 0.25) is 0 Å². The molecule has 0 aliphatic rings. The fraction of sp³-hybridized carbons (Fsp3) is 0.0833. The fourth-order valence-electron chi connectivity index (χ4n) is 1.31. The first-order valence-corrected chi connectivity index (χ1v) is 4.45. The summed E-state index contributed by atoms with van der Waals surface area (Å²) in [6.07, 6.45) is 3.46. The molecule has 0 unspecified atom stereocenters. The van der Waals surface area contributed by atoms with E-state index in [1.54, 1.807) is 13.4 Å². The molecule has 0 saturated heterocycles. The Hall–Kier alpha value is -1.83. The third-order valence-electron chi connectivity index (χ3n) is 1.99. The summed E-state index contributed by atoms with van der Waals surface area (Å²) in [4.78, 5) is 4.45. The van der Waals surface area contributed by atoms with Gasteiger partial charge in [-0.05, 0) is 18.2 Å². The van der Waals surface area contributed by atoms with Crippen LogP contribution in [0.25, 0.3) is 17.0 Å². The van der Waals surface area contributed by atoms with E-state index in [0.29, 0.717) is 0 Å². The lowest BCUT2D eigenvalue weighted by atomic mass is 10.2. The SMILES string of the molecule is CO/C=C/c1ccc2ccccc2n1. The van der Waals surface area contributed by atoms with Crippen molar-refractivity contribution in [3.63, 3.8) is 0 Å². The molecule has 2 heteroatoms. The van der Waals surface area contributed by atoms with E-state index in [9.17, 15) is 0 Å². The number of rotatable bonds is 2. The molecule has 0 bridgehead atoms. The van der Waals surface area contributed by atoms with Crippen LogP contribution >= 0.6 is 0 Å². The number of hydrogen-bond acceptors (Lipinski definition) is 2. The van der Waals surface area contributed by atoms with E-state index in [2.05, 4.69) is 11.1 Å². The second-order valence-electron chi connectivity index (χ2n) is 2.97. The maximum Gasteiger partial charge on any atom is 0.0846 e. The Morgan fingerprint density at radius 1 is 1.14 bits per heavy atom. The second-order valence-corrected chi connectivity index (χ2v) is 2.97. The van der Waals surface area contributed by atoms with Gasteiger partial charge < -0.3 is 4.74 Å². The van der Waals surface area contributed by atoms with Crippen molar-refractivity contribution in [3.05, 3.63) is 48.4 Å². The Morgan fingerprint density at radius 2 is 2.00 bits per heavy atom. The number of benzene rings is 1. The second kappa shape index (κ2) is 3.92. The quantitative estimate of drug-likeness (QED) is 0.671. The van der Waals surface area contributed by atoms with Crippen molar-refractivity contribution >= 4 is 17.0 Å². The maximum atomic E-state index is 4.84. The van der Waals surface area contributed by atoms with E-state index in [1.165, 1.54) is 0 Å². The van der Waals surface area contributed by atoms with Crippen molar-refractivity contribution in [3.8, 4) is 0 Å². The third kappa shape index (κ3) is 1.74. The van der Waals surface area contributed by atoms with Crippen molar-refractivity contribution in [2.75, 3.05) is 7.11 Å². The molecule has 1 aromatic heterocycles. The molecule has 0 aliphatic heterocycles. The van der Waals surface area contributed by atoms with E-state index in [0.717, 1.165) is 16.6 Å². The minimum atomic E-state index is 0.908. The number of fused-ring (bicyclic) bond motifs is 1. The van der Waals surface area contributed by atoms with Crippen LogP contribution in [-0.2, 0) is 4.74 Å². The number of aromatic nitrogens is 1. The molecule has 0 aliphatic carbocycles. The van der Waals surface area contributed by atoms with Crippen molar-refractivity contribution in [2.45, 2.75) is 0 Å². The largest absolute Gasteiger partial charge is 0.504 e. The third-order valence-corrected chi connectivity index (χ3v) is 1.99. The molecule has 1 aromatic carbocycles. The van der Waals surface area contributed by atoms with Crippen molar-refractivity contribution < 1.29 is 4.74 Å². The minimum Gasteiger partial charge on any atom is -0.504 e. The van der Waals surface area contributed by atoms with Crippen LogP contribution in [0.15, 0.2) is 42.7 Å². The Labute approximate surface area is 82.9 Å². The minimum absolute atomic E-state index is 0.908. The summed E-state index contributed by atoms with van der Waals surface area (Å²) in [5.74, 6) is 0. The van der Waals surface area contributed by atoms with Crippen molar-refractivity contribution in [1.29, 1.82) is 0 Å². The maximum absolute atomic E-state index is 4.84. The molecular formula is C12H11NO. The van der Waals surface area contributed by atoms with Crippen LogP contribution < -0.4 is 0 Å². The predicted molar refractivity (Wildman–Crippen MR) is 57.8 cm³/mol. The summed E-state index contributed by atoms with van der Waals surface area (Å²) in [5.41, 5.74) is 1.91. The zero-order valence-corrected chi connectivity index (χ0v) is 7.97. The number of hydrogen-bond donors (Lipinski definition) is 0. The van der Waals surface area contributed by atoms with E-state index < -0.39 is 0 Å². The first-order valence-electron chi connectivity index (χ1n) is 4.45. The average molecular weight is 185 g/mol. The van der Waals surface area contributed by atoms with Gasteiger partial charge in [-0.15, -0.1) is 0 Å². The predicted octanol–water partition coefficient (Wildman–Crippen LogP) is 2.85. The highest BCUT2D eigenvalue weighted by Crippen LogP contribution is 2.12. The Kier molecular flexibility index (Phi) is 2.45. The highest BCUT2D eigenvalue weighted by atomic mass is 16.5. The van der Waals surface area contributed by atoms with Gasteiger partial charge in [-0.25, -0.2) is 4.98 Å². The van der Waals surface area contributed by atoms with Gasteiger partial charge >= 0.3 is 0 Å². The molecule has 0 atom stereocenters. The molecule has 2 nitrogen and oxygen atoms in total. The van der Waals surface area contributed by atoms with Gasteiger partial charge in [0.25, 0.3) is 0 Å². The van der Waals surface area contributed by atoms with Crippen LogP contribution in [-0.4, -0.2) is 12.1 Å². The van der Waals surface area contributed by atoms with Crippen LogP contribution in [0.4, 0.5) is 0 Å². The number of ether oxygens (including phenoxy) is 1. The standard InChI is InChI=1S/C12H11NO/c1-14-9-8-11-7-6-10-4-2-3-5-12(10)13-11/h2-9H,1H3/b9-8+. The number of nitrogens with zero attached hydrogens (tertiary/aromatic N) is 1. The van der Waals surface area contributed by atoms with Gasteiger partial charge in [0.05, 0.1) is 24.6 Å². The van der Waals surface area contributed by atoms with Gasteiger partial charge in [-0.2, -0.15) is 0 Å². The van der Waals surface area contributed by atoms with Crippen molar-refractivity contribution in [2.24, 2.45) is 0 Å². The van der Waals surface area contributed by atoms with Gasteiger partial charge in [-0.1, -0.05) is 24.3 Å². The lowest BCUT2D eigenvalue weighted by molar-refractivity contribution is 0.341. The van der Waals surface area contributed by atoms with Gasteiger partial charge in [0, 0.05) is 5.39 Å². The number of methoxy groups -OCH3 is 1. The summed E-state index contributed by atoms with van der Waals surface area (Å²) >= 11 is 0. The molecular weight excluding hydrogens is 174 g/mol. The molecule has 0 amide bonds. The Bertz CT molecular complexity index is 463. The lowest BCUT2D eigenvalue weighted by Crippen LogP contribution is -1.82. The van der Waals surface area contributed by atoms with Gasteiger partial charge in [0.1, 0.15) is 0 Å². The molecule has 0 saturated carbocycles. The summed E-state index contributed by atoms with van der Waals surface area (Å²) in [5, 5.41) is 1.15. The van der Waals surface area contributed by atoms with Gasteiger partial charge in [0.15, 0.2) is 0 Å². The molecule has 70 valence electrons. The molecule has 0 spiro atoms. The van der Waals surface area contributed by atoms with Gasteiger partial charge in [-0.3, -0.25) is 0 Å². The molecule has 0 radical (unpaired) electrons. The first kappa shape index (κ1) is 8.75. The summed E-state index contributed by atoms with van der Waals surface area (Å²) in [7, 11) is 1.62. The molecule has 0 fully saturated rings. The average Bonchev–Trinajstić information content (AvgIpc) is 2.26. The summed E-state index contributed by atoms with van der Waals surface area (Å²) in [6, 6.07) is 12.1. The zero-order chi connectivity index (χ0) is 9.80. The van der Waals surface area contributed by atoms with Crippen LogP contribution in [0.3, 0.4) is 0 Å². The smallest absolute Gasteiger partial charge is 0.0846 e. The summed E-state index contributed by atoms with van der Waals surface area (Å²) < 4.78 is 4.84. The monoisotopic (exact) mass is 185 g/mol. The van der Waals surface area contributed by atoms with E-state index in [-0.39, 0.29) is 0 Å². The van der Waals surface area contributed by atoms with E-state index in [4.69, 9.17) is 4.74 Å². The number of pyridine rings is 1. The van der Waals surface area contributed by atoms with Crippen LogP contribution in [0.1, 0.15) is 5.69 Å². The topological polar surface area (TPSA) is 22.1 Å². The van der Waals surface area contributed by atoms with Crippen LogP contribution in [0, 0.1) is 0 Å². The fourth-order valence-corrected chi connectivity index (χ4v) is 1.31. The summed E-state index contributed by atoms with van der Waals surface area (Å²) in [6.45, 7) is 0.